The zero-order chi connectivity index (χ0) is 17.9. The van der Waals surface area contributed by atoms with Gasteiger partial charge in [-0.25, -0.2) is 0 Å². The second-order valence-electron chi connectivity index (χ2n) is 7.02. The Kier molecular flexibility index (Phi) is 4.92. The van der Waals surface area contributed by atoms with Crippen molar-refractivity contribution in [3.63, 3.8) is 0 Å². The smallest absolute Gasteiger partial charge is 0.232 e. The van der Waals surface area contributed by atoms with Crippen molar-refractivity contribution in [3.8, 4) is 11.5 Å². The minimum atomic E-state index is -0.174. The number of carbonyl (C=O) groups excluding carboxylic acids is 1. The predicted molar refractivity (Wildman–Crippen MR) is 90.8 cm³/mol. The van der Waals surface area contributed by atoms with Gasteiger partial charge in [-0.15, -0.1) is 0 Å². The van der Waals surface area contributed by atoms with Crippen LogP contribution in [0.3, 0.4) is 0 Å². The van der Waals surface area contributed by atoms with Crippen molar-refractivity contribution in [3.05, 3.63) is 35.5 Å². The van der Waals surface area contributed by atoms with Crippen LogP contribution in [0, 0.1) is 0 Å². The number of ether oxygens (including phenoxy) is 2. The minimum absolute atomic E-state index is 0.0591. The third-order valence-corrected chi connectivity index (χ3v) is 3.75. The first-order chi connectivity index (χ1) is 11.9. The number of nitrogens with one attached hydrogen (secondary N) is 1. The molecule has 0 atom stereocenters. The molecule has 7 heteroatoms. The summed E-state index contributed by atoms with van der Waals surface area (Å²) in [6.07, 6.45) is 0.822. The summed E-state index contributed by atoms with van der Waals surface area (Å²) in [4.78, 5) is 16.4. The minimum Gasteiger partial charge on any atom is -0.486 e. The predicted octanol–water partition coefficient (Wildman–Crippen LogP) is 2.04. The summed E-state index contributed by atoms with van der Waals surface area (Å²) in [6, 6.07) is 5.56. The molecule has 1 amide bonds. The van der Waals surface area contributed by atoms with E-state index in [4.69, 9.17) is 14.0 Å². The Morgan fingerprint density at radius 3 is 2.68 bits per heavy atom. The highest BCUT2D eigenvalue weighted by Crippen LogP contribution is 2.30. The molecule has 1 N–H and O–H groups in total. The third-order valence-electron chi connectivity index (χ3n) is 3.75. The van der Waals surface area contributed by atoms with Gasteiger partial charge in [-0.2, -0.15) is 4.98 Å². The van der Waals surface area contributed by atoms with E-state index in [0.717, 1.165) is 11.3 Å². The molecule has 7 nitrogen and oxygen atoms in total. The van der Waals surface area contributed by atoms with Gasteiger partial charge in [0.1, 0.15) is 13.2 Å². The standard InChI is InChI=1S/C18H23N3O4/c1-18(2,3)17-20-15(21-25-17)6-7-19-16(22)11-12-4-5-13-14(10-12)24-9-8-23-13/h4-5,10H,6-9,11H2,1-3H3,(H,19,22). The summed E-state index contributed by atoms with van der Waals surface area (Å²) in [7, 11) is 0. The fourth-order valence-corrected chi connectivity index (χ4v) is 2.42. The molecule has 0 saturated heterocycles. The maximum atomic E-state index is 12.1. The highest BCUT2D eigenvalue weighted by Gasteiger charge is 2.21. The topological polar surface area (TPSA) is 86.5 Å². The van der Waals surface area contributed by atoms with E-state index in [1.165, 1.54) is 0 Å². The van der Waals surface area contributed by atoms with Crippen molar-refractivity contribution in [2.45, 2.75) is 39.0 Å². The molecule has 1 aromatic carbocycles. The Balaban J connectivity index is 1.47. The molecular formula is C18H23N3O4. The summed E-state index contributed by atoms with van der Waals surface area (Å²) in [5, 5.41) is 6.82. The Bertz CT molecular complexity index is 749. The van der Waals surface area contributed by atoms with Gasteiger partial charge >= 0.3 is 0 Å². The molecule has 2 heterocycles. The SMILES string of the molecule is CC(C)(C)c1nc(CCNC(=O)Cc2ccc3c(c2)OCCO3)no1. The Hall–Kier alpha value is -2.57. The van der Waals surface area contributed by atoms with Crippen LogP contribution in [0.4, 0.5) is 0 Å². The Labute approximate surface area is 146 Å². The van der Waals surface area contributed by atoms with E-state index in [9.17, 15) is 4.79 Å². The Morgan fingerprint density at radius 1 is 1.20 bits per heavy atom. The first-order valence-electron chi connectivity index (χ1n) is 8.40. The number of hydrogen-bond acceptors (Lipinski definition) is 6. The molecule has 134 valence electrons. The van der Waals surface area contributed by atoms with Crippen molar-refractivity contribution in [2.24, 2.45) is 0 Å². The molecule has 1 aliphatic rings. The van der Waals surface area contributed by atoms with Crippen LogP contribution in [0.25, 0.3) is 0 Å². The molecule has 3 rings (SSSR count). The second kappa shape index (κ2) is 7.13. The maximum Gasteiger partial charge on any atom is 0.232 e. The average Bonchev–Trinajstić information content (AvgIpc) is 3.04. The van der Waals surface area contributed by atoms with Crippen molar-refractivity contribution in [1.29, 1.82) is 0 Å². The van der Waals surface area contributed by atoms with Gasteiger partial charge in [0.05, 0.1) is 6.42 Å². The lowest BCUT2D eigenvalue weighted by molar-refractivity contribution is -0.120. The van der Waals surface area contributed by atoms with Crippen LogP contribution >= 0.6 is 0 Å². The highest BCUT2D eigenvalue weighted by molar-refractivity contribution is 5.78. The zero-order valence-corrected chi connectivity index (χ0v) is 14.8. The van der Waals surface area contributed by atoms with Gasteiger partial charge in [-0.3, -0.25) is 4.79 Å². The number of amides is 1. The number of nitrogens with zero attached hydrogens (tertiary/aromatic N) is 2. The van der Waals surface area contributed by atoms with Crippen LogP contribution in [0.2, 0.25) is 0 Å². The van der Waals surface area contributed by atoms with Gasteiger partial charge in [0.25, 0.3) is 0 Å². The molecule has 0 saturated carbocycles. The number of carbonyl (C=O) groups is 1. The van der Waals surface area contributed by atoms with E-state index in [2.05, 4.69) is 15.5 Å². The van der Waals surface area contributed by atoms with E-state index >= 15 is 0 Å². The quantitative estimate of drug-likeness (QED) is 0.892. The largest absolute Gasteiger partial charge is 0.486 e. The van der Waals surface area contributed by atoms with Gasteiger partial charge in [-0.1, -0.05) is 32.0 Å². The van der Waals surface area contributed by atoms with Crippen LogP contribution in [0.15, 0.2) is 22.7 Å². The molecule has 1 aromatic heterocycles. The molecule has 0 radical (unpaired) electrons. The number of benzene rings is 1. The molecule has 1 aliphatic heterocycles. The summed E-state index contributed by atoms with van der Waals surface area (Å²) in [5.41, 5.74) is 0.712. The maximum absolute atomic E-state index is 12.1. The van der Waals surface area contributed by atoms with E-state index < -0.39 is 0 Å². The van der Waals surface area contributed by atoms with Crippen molar-refractivity contribution < 1.29 is 18.8 Å². The molecule has 0 bridgehead atoms. The number of fused-ring (bicyclic) bond motifs is 1. The summed E-state index contributed by atoms with van der Waals surface area (Å²) < 4.78 is 16.2. The van der Waals surface area contributed by atoms with E-state index in [-0.39, 0.29) is 17.7 Å². The van der Waals surface area contributed by atoms with Crippen molar-refractivity contribution in [2.75, 3.05) is 19.8 Å². The zero-order valence-electron chi connectivity index (χ0n) is 14.8. The molecule has 2 aromatic rings. The van der Waals surface area contributed by atoms with Crippen molar-refractivity contribution >= 4 is 5.91 Å². The van der Waals surface area contributed by atoms with E-state index in [0.29, 0.717) is 43.6 Å². The van der Waals surface area contributed by atoms with Gasteiger partial charge in [0, 0.05) is 18.4 Å². The summed E-state index contributed by atoms with van der Waals surface area (Å²) >= 11 is 0. The van der Waals surface area contributed by atoms with Crippen LogP contribution in [-0.2, 0) is 23.1 Å². The fraction of sp³-hybridized carbons (Fsp3) is 0.500. The fourth-order valence-electron chi connectivity index (χ4n) is 2.42. The van der Waals surface area contributed by atoms with E-state index in [1.54, 1.807) is 0 Å². The lowest BCUT2D eigenvalue weighted by atomic mass is 9.97. The monoisotopic (exact) mass is 345 g/mol. The van der Waals surface area contributed by atoms with Crippen LogP contribution in [0.1, 0.15) is 38.0 Å². The first kappa shape index (κ1) is 17.3. The van der Waals surface area contributed by atoms with Crippen molar-refractivity contribution in [1.82, 2.24) is 15.5 Å². The van der Waals surface area contributed by atoms with Gasteiger partial charge in [-0.05, 0) is 17.7 Å². The number of hydrogen-bond donors (Lipinski definition) is 1. The van der Waals surface area contributed by atoms with Gasteiger partial charge in [0.2, 0.25) is 11.8 Å². The van der Waals surface area contributed by atoms with E-state index in [1.807, 2.05) is 39.0 Å². The number of rotatable bonds is 5. The van der Waals surface area contributed by atoms with Gasteiger partial charge in [0.15, 0.2) is 17.3 Å². The lowest BCUT2D eigenvalue weighted by Crippen LogP contribution is -2.27. The molecular weight excluding hydrogens is 322 g/mol. The molecule has 0 spiro atoms. The van der Waals surface area contributed by atoms with Crippen LogP contribution < -0.4 is 14.8 Å². The highest BCUT2D eigenvalue weighted by atomic mass is 16.6. The first-order valence-corrected chi connectivity index (χ1v) is 8.40. The van der Waals surface area contributed by atoms with Crippen LogP contribution in [0.5, 0.6) is 11.5 Å². The molecule has 0 fully saturated rings. The lowest BCUT2D eigenvalue weighted by Gasteiger charge is -2.18. The molecule has 25 heavy (non-hydrogen) atoms. The number of aromatic nitrogens is 2. The average molecular weight is 345 g/mol. The second-order valence-corrected chi connectivity index (χ2v) is 7.02. The summed E-state index contributed by atoms with van der Waals surface area (Å²) in [5.74, 6) is 2.56. The molecule has 0 unspecified atom stereocenters. The van der Waals surface area contributed by atoms with Gasteiger partial charge < -0.3 is 19.3 Å². The molecule has 0 aliphatic carbocycles. The Morgan fingerprint density at radius 2 is 1.96 bits per heavy atom. The third kappa shape index (κ3) is 4.49. The summed E-state index contributed by atoms with van der Waals surface area (Å²) in [6.45, 7) is 7.59. The van der Waals surface area contributed by atoms with Crippen LogP contribution in [-0.4, -0.2) is 35.8 Å². The normalized spacial score (nSPS) is 13.6.